The Kier molecular flexibility index (Phi) is 10.6. The number of pyridine rings is 1. The van der Waals surface area contributed by atoms with Gasteiger partial charge in [-0.3, -0.25) is 9.29 Å². The van der Waals surface area contributed by atoms with E-state index < -0.39 is 27.7 Å². The zero-order valence-electron chi connectivity index (χ0n) is 29.7. The molecule has 12 nitrogen and oxygen atoms in total. The molecule has 0 unspecified atom stereocenters. The van der Waals surface area contributed by atoms with Gasteiger partial charge in [0.1, 0.15) is 11.3 Å². The molecule has 2 aliphatic rings. The minimum atomic E-state index is -3.80. The van der Waals surface area contributed by atoms with Crippen molar-refractivity contribution in [3.8, 4) is 0 Å². The number of amides is 1. The Bertz CT molecular complexity index is 2070. The number of fused-ring (bicyclic) bond motifs is 2. The standard InChI is InChI=1S/C38H46N6O6S/c1-38(2,3)50-37(46)43-17-8-10-31(43)16-20-51(47,48)41-30-21-27-9-6-7-11-32(27)29(22-30)24-44-33(23-28-12-13-34(39-4)40-35(28)44)36(45)49-25-26-14-18-42(5)19-15-26/h6-7,9,11-13,21-23,26,31,41H,8,10,14-20,24-25H2,1-3,5H3/t31-/m0/s1. The second kappa shape index (κ2) is 14.9. The summed E-state index contributed by atoms with van der Waals surface area (Å²) in [6.07, 6.45) is 3.28. The van der Waals surface area contributed by atoms with Gasteiger partial charge in [0, 0.05) is 23.7 Å². The number of likely N-dealkylation sites (tertiary alicyclic amines) is 2. The average molecular weight is 715 g/mol. The number of hydrogen-bond donors (Lipinski definition) is 1. The monoisotopic (exact) mass is 714 g/mol. The zero-order chi connectivity index (χ0) is 36.3. The third-order valence-electron chi connectivity index (χ3n) is 9.62. The molecule has 2 aromatic carbocycles. The van der Waals surface area contributed by atoms with Gasteiger partial charge in [0.05, 0.1) is 18.9 Å². The van der Waals surface area contributed by atoms with Crippen molar-refractivity contribution in [3.05, 3.63) is 77.3 Å². The molecular weight excluding hydrogens is 669 g/mol. The van der Waals surface area contributed by atoms with Gasteiger partial charge < -0.3 is 24.1 Å². The summed E-state index contributed by atoms with van der Waals surface area (Å²) in [5.41, 5.74) is 1.29. The molecule has 2 aliphatic heterocycles. The third kappa shape index (κ3) is 8.80. The Morgan fingerprint density at radius 1 is 1.02 bits per heavy atom. The highest BCUT2D eigenvalue weighted by Crippen LogP contribution is 2.30. The average Bonchev–Trinajstić information content (AvgIpc) is 3.71. The zero-order valence-corrected chi connectivity index (χ0v) is 30.5. The van der Waals surface area contributed by atoms with Gasteiger partial charge in [-0.25, -0.2) is 18.0 Å². The van der Waals surface area contributed by atoms with Gasteiger partial charge in [0.2, 0.25) is 15.7 Å². The van der Waals surface area contributed by atoms with Crippen LogP contribution in [-0.4, -0.2) is 90.5 Å². The summed E-state index contributed by atoms with van der Waals surface area (Å²) >= 11 is 0. The van der Waals surface area contributed by atoms with E-state index in [1.165, 1.54) is 0 Å². The van der Waals surface area contributed by atoms with Crippen LogP contribution in [0.25, 0.3) is 26.7 Å². The van der Waals surface area contributed by atoms with Crippen LogP contribution in [0.2, 0.25) is 0 Å². The first kappa shape index (κ1) is 36.1. The smallest absolute Gasteiger partial charge is 0.410 e. The Hall–Kier alpha value is -4.67. The van der Waals surface area contributed by atoms with Crippen LogP contribution in [0.4, 0.5) is 16.3 Å². The number of esters is 1. The number of rotatable bonds is 10. The first-order chi connectivity index (χ1) is 24.3. The summed E-state index contributed by atoms with van der Waals surface area (Å²) in [5, 5.41) is 2.40. The summed E-state index contributed by atoms with van der Waals surface area (Å²) in [7, 11) is -1.71. The molecule has 4 aromatic rings. The van der Waals surface area contributed by atoms with Crippen molar-refractivity contribution >= 4 is 55.4 Å². The number of sulfonamides is 1. The lowest BCUT2D eigenvalue weighted by Crippen LogP contribution is -2.40. The van der Waals surface area contributed by atoms with Crippen molar-refractivity contribution in [1.29, 1.82) is 0 Å². The van der Waals surface area contributed by atoms with Gasteiger partial charge >= 0.3 is 12.1 Å². The van der Waals surface area contributed by atoms with E-state index in [1.54, 1.807) is 39.8 Å². The van der Waals surface area contributed by atoms with Crippen molar-refractivity contribution in [1.82, 2.24) is 19.4 Å². The van der Waals surface area contributed by atoms with E-state index in [1.807, 2.05) is 45.0 Å². The van der Waals surface area contributed by atoms with E-state index in [4.69, 9.17) is 16.0 Å². The van der Waals surface area contributed by atoms with Crippen LogP contribution in [0.1, 0.15) is 68.9 Å². The maximum atomic E-state index is 13.7. The highest BCUT2D eigenvalue weighted by Gasteiger charge is 2.33. The Morgan fingerprint density at radius 2 is 1.78 bits per heavy atom. The maximum Gasteiger partial charge on any atom is 0.410 e. The largest absolute Gasteiger partial charge is 0.461 e. The van der Waals surface area contributed by atoms with Crippen LogP contribution in [0, 0.1) is 12.5 Å². The first-order valence-corrected chi connectivity index (χ1v) is 19.2. The molecule has 1 N–H and O–H groups in total. The lowest BCUT2D eigenvalue weighted by atomic mass is 9.98. The first-order valence-electron chi connectivity index (χ1n) is 17.5. The molecule has 0 spiro atoms. The SMILES string of the molecule is [C-]#[N+]c1ccc2cc(C(=O)OCC3CCN(C)CC3)n(Cc3cc(NS(=O)(=O)CC[C@@H]4CCCN4C(=O)OC(C)(C)C)cc4ccccc34)c2n1. The predicted octanol–water partition coefficient (Wildman–Crippen LogP) is 6.82. The highest BCUT2D eigenvalue weighted by molar-refractivity contribution is 7.92. The molecular formula is C38H46N6O6S. The molecule has 6 rings (SSSR count). The van der Waals surface area contributed by atoms with Crippen molar-refractivity contribution in [3.63, 3.8) is 0 Å². The molecule has 13 heteroatoms. The number of carbonyl (C=O) groups excluding carboxylic acids is 2. The molecule has 2 saturated heterocycles. The van der Waals surface area contributed by atoms with E-state index in [-0.39, 0.29) is 36.5 Å². The molecule has 2 fully saturated rings. The summed E-state index contributed by atoms with van der Waals surface area (Å²) in [5.74, 6) is -0.146. The van der Waals surface area contributed by atoms with Crippen LogP contribution in [-0.2, 0) is 26.0 Å². The van der Waals surface area contributed by atoms with Crippen molar-refractivity contribution < 1.29 is 27.5 Å². The van der Waals surface area contributed by atoms with Crippen LogP contribution in [0.5, 0.6) is 0 Å². The maximum absolute atomic E-state index is 13.7. The van der Waals surface area contributed by atoms with Gasteiger partial charge in [0.15, 0.2) is 0 Å². The van der Waals surface area contributed by atoms with Gasteiger partial charge in [-0.15, -0.1) is 4.98 Å². The predicted molar refractivity (Wildman–Crippen MR) is 198 cm³/mol. The second-order valence-corrected chi connectivity index (χ2v) is 16.5. The minimum absolute atomic E-state index is 0.169. The number of ether oxygens (including phenoxy) is 2. The third-order valence-corrected chi connectivity index (χ3v) is 10.9. The topological polar surface area (TPSA) is 127 Å². The number of nitrogens with zero attached hydrogens (tertiary/aromatic N) is 5. The second-order valence-electron chi connectivity index (χ2n) is 14.7. The minimum Gasteiger partial charge on any atom is -0.461 e. The van der Waals surface area contributed by atoms with E-state index in [9.17, 15) is 18.0 Å². The van der Waals surface area contributed by atoms with E-state index in [0.29, 0.717) is 42.0 Å². The van der Waals surface area contributed by atoms with Crippen molar-refractivity contribution in [2.75, 3.05) is 43.8 Å². The van der Waals surface area contributed by atoms with Gasteiger partial charge in [-0.1, -0.05) is 36.9 Å². The fraction of sp³-hybridized carbons (Fsp3) is 0.474. The lowest BCUT2D eigenvalue weighted by molar-refractivity contribution is 0.0223. The molecule has 0 radical (unpaired) electrons. The number of aromatic nitrogens is 2. The van der Waals surface area contributed by atoms with Crippen LogP contribution >= 0.6 is 0 Å². The summed E-state index contributed by atoms with van der Waals surface area (Å²) < 4.78 is 42.9. The number of piperidine rings is 1. The molecule has 1 amide bonds. The molecule has 1 atom stereocenters. The van der Waals surface area contributed by atoms with Crippen LogP contribution < -0.4 is 4.72 Å². The molecule has 4 heterocycles. The highest BCUT2D eigenvalue weighted by atomic mass is 32.2. The normalized spacial score (nSPS) is 17.5. The molecule has 0 bridgehead atoms. The van der Waals surface area contributed by atoms with Gasteiger partial charge in [0.25, 0.3) is 5.82 Å². The van der Waals surface area contributed by atoms with Gasteiger partial charge in [-0.2, -0.15) is 0 Å². The van der Waals surface area contributed by atoms with Crippen LogP contribution in [0.3, 0.4) is 0 Å². The lowest BCUT2D eigenvalue weighted by Gasteiger charge is -2.28. The van der Waals surface area contributed by atoms with Crippen LogP contribution in [0.15, 0.2) is 54.6 Å². The van der Waals surface area contributed by atoms with Crippen molar-refractivity contribution in [2.24, 2.45) is 5.92 Å². The summed E-state index contributed by atoms with van der Waals surface area (Å²) in [6.45, 7) is 15.9. The number of hydrogen-bond acceptors (Lipinski definition) is 8. The number of nitrogens with one attached hydrogen (secondary N) is 1. The van der Waals surface area contributed by atoms with E-state index in [0.717, 1.165) is 48.7 Å². The fourth-order valence-corrected chi connectivity index (χ4v) is 8.13. The quantitative estimate of drug-likeness (QED) is 0.140. The summed E-state index contributed by atoms with van der Waals surface area (Å²) in [6, 6.07) is 16.1. The molecule has 270 valence electrons. The molecule has 0 aliphatic carbocycles. The fourth-order valence-electron chi connectivity index (χ4n) is 6.97. The Labute approximate surface area is 299 Å². The number of anilines is 1. The summed E-state index contributed by atoms with van der Waals surface area (Å²) in [4.78, 5) is 38.4. The van der Waals surface area contributed by atoms with Crippen molar-refractivity contribution in [2.45, 2.75) is 71.1 Å². The molecule has 0 saturated carbocycles. The Morgan fingerprint density at radius 3 is 2.53 bits per heavy atom. The van der Waals surface area contributed by atoms with E-state index >= 15 is 0 Å². The van der Waals surface area contributed by atoms with E-state index in [2.05, 4.69) is 26.5 Å². The van der Waals surface area contributed by atoms with Gasteiger partial charge in [-0.05, 0) is 120 Å². The molecule has 51 heavy (non-hydrogen) atoms. The number of carbonyl (C=O) groups is 2. The number of benzene rings is 2. The molecule has 2 aromatic heterocycles. The Balaban J connectivity index is 1.25.